The Hall–Kier alpha value is -2.51. The number of nitrogens with one attached hydrogen (secondary N) is 2. The second kappa shape index (κ2) is 9.61. The van der Waals surface area contributed by atoms with Crippen molar-refractivity contribution in [2.75, 3.05) is 6.54 Å². The molecule has 0 unspecified atom stereocenters. The molecule has 1 aromatic carbocycles. The van der Waals surface area contributed by atoms with Crippen LogP contribution in [0.25, 0.3) is 0 Å². The number of allylic oxidation sites excluding steroid dienone is 1. The van der Waals surface area contributed by atoms with Crippen molar-refractivity contribution in [3.63, 3.8) is 0 Å². The van der Waals surface area contributed by atoms with E-state index in [4.69, 9.17) is 0 Å². The number of carbonyl (C=O) groups is 1. The van der Waals surface area contributed by atoms with Gasteiger partial charge in [-0.15, -0.1) is 0 Å². The Morgan fingerprint density at radius 1 is 1.11 bits per heavy atom. The van der Waals surface area contributed by atoms with Gasteiger partial charge in [-0.05, 0) is 68.0 Å². The lowest BCUT2D eigenvalue weighted by Crippen LogP contribution is -2.25. The SMILES string of the molecule is O=C(NCCC1=CCCCC1)c1ccc(S(=O)(=O)NCc2cccnc2)cc1. The minimum atomic E-state index is -3.65. The van der Waals surface area contributed by atoms with Crippen molar-refractivity contribution in [2.45, 2.75) is 43.5 Å². The van der Waals surface area contributed by atoms with E-state index in [-0.39, 0.29) is 17.3 Å². The summed E-state index contributed by atoms with van der Waals surface area (Å²) in [5, 5.41) is 2.90. The molecular weight excluding hydrogens is 374 g/mol. The molecule has 0 saturated carbocycles. The van der Waals surface area contributed by atoms with Crippen molar-refractivity contribution in [3.05, 3.63) is 71.6 Å². The van der Waals surface area contributed by atoms with Crippen LogP contribution in [0.2, 0.25) is 0 Å². The molecule has 1 amide bonds. The highest BCUT2D eigenvalue weighted by molar-refractivity contribution is 7.89. The van der Waals surface area contributed by atoms with Gasteiger partial charge in [0, 0.05) is 31.0 Å². The van der Waals surface area contributed by atoms with Gasteiger partial charge < -0.3 is 5.32 Å². The molecule has 0 saturated heterocycles. The van der Waals surface area contributed by atoms with Gasteiger partial charge in [0.2, 0.25) is 10.0 Å². The fourth-order valence-corrected chi connectivity index (χ4v) is 4.14. The van der Waals surface area contributed by atoms with E-state index in [0.29, 0.717) is 12.1 Å². The summed E-state index contributed by atoms with van der Waals surface area (Å²) in [4.78, 5) is 16.3. The lowest BCUT2D eigenvalue weighted by atomic mass is 9.97. The Morgan fingerprint density at radius 3 is 2.61 bits per heavy atom. The van der Waals surface area contributed by atoms with E-state index in [9.17, 15) is 13.2 Å². The molecule has 1 aliphatic carbocycles. The summed E-state index contributed by atoms with van der Waals surface area (Å²) < 4.78 is 27.3. The summed E-state index contributed by atoms with van der Waals surface area (Å²) in [6, 6.07) is 9.52. The minimum absolute atomic E-state index is 0.125. The zero-order valence-corrected chi connectivity index (χ0v) is 16.5. The molecule has 7 heteroatoms. The van der Waals surface area contributed by atoms with Crippen LogP contribution >= 0.6 is 0 Å². The first kappa shape index (κ1) is 20.2. The number of hydrogen-bond acceptors (Lipinski definition) is 4. The van der Waals surface area contributed by atoms with Crippen molar-refractivity contribution in [3.8, 4) is 0 Å². The predicted octanol–water partition coefficient (Wildman–Crippen LogP) is 3.18. The number of rotatable bonds is 8. The Labute approximate surface area is 166 Å². The summed E-state index contributed by atoms with van der Waals surface area (Å²) in [7, 11) is -3.65. The van der Waals surface area contributed by atoms with Crippen molar-refractivity contribution in [1.82, 2.24) is 15.0 Å². The molecule has 1 aliphatic rings. The number of benzene rings is 1. The number of amides is 1. The van der Waals surface area contributed by atoms with Gasteiger partial charge in [0.05, 0.1) is 4.90 Å². The summed E-state index contributed by atoms with van der Waals surface area (Å²) in [5.41, 5.74) is 2.63. The molecule has 1 aromatic heterocycles. The third-order valence-electron chi connectivity index (χ3n) is 4.73. The first-order valence-corrected chi connectivity index (χ1v) is 11.0. The van der Waals surface area contributed by atoms with Crippen LogP contribution in [0.3, 0.4) is 0 Å². The largest absolute Gasteiger partial charge is 0.352 e. The molecular formula is C21H25N3O3S. The first-order valence-electron chi connectivity index (χ1n) is 9.49. The molecule has 6 nitrogen and oxygen atoms in total. The third-order valence-corrected chi connectivity index (χ3v) is 6.15. The molecule has 3 rings (SSSR count). The van der Waals surface area contributed by atoms with Gasteiger partial charge in [-0.25, -0.2) is 13.1 Å². The molecule has 0 fully saturated rings. The second-order valence-electron chi connectivity index (χ2n) is 6.82. The maximum atomic E-state index is 12.4. The lowest BCUT2D eigenvalue weighted by molar-refractivity contribution is 0.0954. The second-order valence-corrected chi connectivity index (χ2v) is 8.59. The summed E-state index contributed by atoms with van der Waals surface area (Å²) in [6.07, 6.45) is 11.1. The van der Waals surface area contributed by atoms with E-state index in [1.807, 2.05) is 0 Å². The average Bonchev–Trinajstić information content (AvgIpc) is 2.74. The molecule has 0 spiro atoms. The van der Waals surface area contributed by atoms with Crippen molar-refractivity contribution >= 4 is 15.9 Å². The summed E-state index contributed by atoms with van der Waals surface area (Å²) in [6.45, 7) is 0.756. The Balaban J connectivity index is 1.53. The van der Waals surface area contributed by atoms with Crippen LogP contribution < -0.4 is 10.0 Å². The number of sulfonamides is 1. The van der Waals surface area contributed by atoms with E-state index in [2.05, 4.69) is 21.1 Å². The highest BCUT2D eigenvalue weighted by Gasteiger charge is 2.15. The van der Waals surface area contributed by atoms with Crippen molar-refractivity contribution in [2.24, 2.45) is 0 Å². The van der Waals surface area contributed by atoms with Crippen LogP contribution in [0, 0.1) is 0 Å². The van der Waals surface area contributed by atoms with Gasteiger partial charge in [-0.3, -0.25) is 9.78 Å². The van der Waals surface area contributed by atoms with E-state index in [1.165, 1.54) is 42.7 Å². The Kier molecular flexibility index (Phi) is 6.95. The highest BCUT2D eigenvalue weighted by atomic mass is 32.2. The van der Waals surface area contributed by atoms with Crippen molar-refractivity contribution in [1.29, 1.82) is 0 Å². The van der Waals surface area contributed by atoms with Gasteiger partial charge in [0.25, 0.3) is 5.91 Å². The molecule has 28 heavy (non-hydrogen) atoms. The van der Waals surface area contributed by atoms with Gasteiger partial charge in [-0.1, -0.05) is 17.7 Å². The lowest BCUT2D eigenvalue weighted by Gasteiger charge is -2.13. The first-order chi connectivity index (χ1) is 13.5. The number of nitrogens with zero attached hydrogens (tertiary/aromatic N) is 1. The van der Waals surface area contributed by atoms with E-state index < -0.39 is 10.0 Å². The number of hydrogen-bond donors (Lipinski definition) is 2. The van der Waals surface area contributed by atoms with E-state index >= 15 is 0 Å². The van der Waals surface area contributed by atoms with E-state index in [0.717, 1.165) is 24.8 Å². The number of pyridine rings is 1. The minimum Gasteiger partial charge on any atom is -0.352 e. The molecule has 0 aliphatic heterocycles. The molecule has 0 bridgehead atoms. The normalized spacial score (nSPS) is 14.4. The predicted molar refractivity (Wildman–Crippen MR) is 108 cm³/mol. The maximum Gasteiger partial charge on any atom is 0.251 e. The molecule has 0 atom stereocenters. The molecule has 2 N–H and O–H groups in total. The number of aromatic nitrogens is 1. The zero-order valence-electron chi connectivity index (χ0n) is 15.7. The fraction of sp³-hybridized carbons (Fsp3) is 0.333. The summed E-state index contributed by atoms with van der Waals surface area (Å²) in [5.74, 6) is -0.191. The van der Waals surface area contributed by atoms with Crippen LogP contribution in [0.4, 0.5) is 0 Å². The standard InChI is InChI=1S/C21H25N3O3S/c25-21(23-14-12-17-5-2-1-3-6-17)19-8-10-20(11-9-19)28(26,27)24-16-18-7-4-13-22-15-18/h4-5,7-11,13,15,24H,1-3,6,12,14,16H2,(H,23,25). The summed E-state index contributed by atoms with van der Waals surface area (Å²) >= 11 is 0. The van der Waals surface area contributed by atoms with Gasteiger partial charge in [0.1, 0.15) is 0 Å². The number of carbonyl (C=O) groups excluding carboxylic acids is 1. The van der Waals surface area contributed by atoms with Crippen LogP contribution in [0.1, 0.15) is 48.0 Å². The fourth-order valence-electron chi connectivity index (χ4n) is 3.12. The molecule has 148 valence electrons. The monoisotopic (exact) mass is 399 g/mol. The molecule has 2 aromatic rings. The highest BCUT2D eigenvalue weighted by Crippen LogP contribution is 2.19. The maximum absolute atomic E-state index is 12.4. The quantitative estimate of drug-likeness (QED) is 0.668. The van der Waals surface area contributed by atoms with Gasteiger partial charge in [-0.2, -0.15) is 0 Å². The smallest absolute Gasteiger partial charge is 0.251 e. The topological polar surface area (TPSA) is 88.2 Å². The van der Waals surface area contributed by atoms with Crippen LogP contribution in [-0.4, -0.2) is 25.9 Å². The third kappa shape index (κ3) is 5.74. The average molecular weight is 400 g/mol. The van der Waals surface area contributed by atoms with Crippen LogP contribution in [0.5, 0.6) is 0 Å². The Morgan fingerprint density at radius 2 is 1.93 bits per heavy atom. The van der Waals surface area contributed by atoms with Crippen molar-refractivity contribution < 1.29 is 13.2 Å². The zero-order chi connectivity index (χ0) is 19.8. The van der Waals surface area contributed by atoms with E-state index in [1.54, 1.807) is 24.5 Å². The van der Waals surface area contributed by atoms with Crippen LogP contribution in [0.15, 0.2) is 65.3 Å². The van der Waals surface area contributed by atoms with Gasteiger partial charge in [0.15, 0.2) is 0 Å². The Bertz CT molecular complexity index is 923. The van der Waals surface area contributed by atoms with Gasteiger partial charge >= 0.3 is 0 Å². The molecule has 0 radical (unpaired) electrons. The van der Waals surface area contributed by atoms with Crippen LogP contribution in [-0.2, 0) is 16.6 Å². The molecule has 1 heterocycles.